The molecule has 4 rings (SSSR count). The van der Waals surface area contributed by atoms with E-state index >= 15 is 0 Å². The van der Waals surface area contributed by atoms with Crippen LogP contribution in [0.2, 0.25) is 0 Å². The molecule has 2 heterocycles. The van der Waals surface area contributed by atoms with Crippen molar-refractivity contribution >= 4 is 34.0 Å². The first-order chi connectivity index (χ1) is 13.0. The Balaban J connectivity index is 0.00000225. The molecule has 0 bridgehead atoms. The van der Waals surface area contributed by atoms with Crippen LogP contribution < -0.4 is 19.2 Å². The van der Waals surface area contributed by atoms with Gasteiger partial charge in [0.15, 0.2) is 11.6 Å². The summed E-state index contributed by atoms with van der Waals surface area (Å²) in [5.74, 6) is -2.03. The number of benzene rings is 2. The maximum absolute atomic E-state index is 14.1. The summed E-state index contributed by atoms with van der Waals surface area (Å²) in [4.78, 5) is 2.20. The minimum absolute atomic E-state index is 0. The van der Waals surface area contributed by atoms with Crippen LogP contribution in [0, 0.1) is 11.6 Å². The highest BCUT2D eigenvalue weighted by molar-refractivity contribution is 7.90. The number of nitrogens with zero attached hydrogens (tertiary/aromatic N) is 2. The van der Waals surface area contributed by atoms with Crippen LogP contribution in [-0.4, -0.2) is 34.6 Å². The van der Waals surface area contributed by atoms with E-state index in [2.05, 4.69) is 14.9 Å². The summed E-state index contributed by atoms with van der Waals surface area (Å²) in [5.41, 5.74) is 2.28. The van der Waals surface area contributed by atoms with Gasteiger partial charge in [0.05, 0.1) is 12.2 Å². The molecule has 2 N–H and O–H groups in total. The number of nitrogens with one attached hydrogen (secondary N) is 2. The average molecular weight is 431 g/mol. The van der Waals surface area contributed by atoms with E-state index in [1.54, 1.807) is 12.1 Å². The van der Waals surface area contributed by atoms with Crippen LogP contribution in [0.5, 0.6) is 0 Å². The molecule has 10 heteroatoms. The van der Waals surface area contributed by atoms with Crippen LogP contribution in [0.4, 0.5) is 20.2 Å². The molecule has 1 fully saturated rings. The molecule has 0 atom stereocenters. The van der Waals surface area contributed by atoms with E-state index in [4.69, 9.17) is 0 Å². The normalized spacial score (nSPS) is 18.4. The molecule has 28 heavy (non-hydrogen) atoms. The summed E-state index contributed by atoms with van der Waals surface area (Å²) in [6.07, 6.45) is 0. The van der Waals surface area contributed by atoms with Gasteiger partial charge in [-0.2, -0.15) is 13.1 Å². The molecule has 2 aromatic carbocycles. The van der Waals surface area contributed by atoms with Crippen LogP contribution in [0.25, 0.3) is 0 Å². The van der Waals surface area contributed by atoms with Gasteiger partial charge in [0, 0.05) is 49.5 Å². The van der Waals surface area contributed by atoms with E-state index in [1.807, 2.05) is 6.07 Å². The fourth-order valence-electron chi connectivity index (χ4n) is 3.55. The molecule has 1 saturated heterocycles. The molecule has 0 unspecified atom stereocenters. The van der Waals surface area contributed by atoms with Crippen molar-refractivity contribution in [2.45, 2.75) is 13.1 Å². The van der Waals surface area contributed by atoms with Crippen molar-refractivity contribution in [3.05, 3.63) is 59.2 Å². The lowest BCUT2D eigenvalue weighted by Crippen LogP contribution is -2.47. The highest BCUT2D eigenvalue weighted by Gasteiger charge is 2.32. The summed E-state index contributed by atoms with van der Waals surface area (Å²) >= 11 is 0. The number of hydrogen-bond acceptors (Lipinski definition) is 4. The van der Waals surface area contributed by atoms with Crippen molar-refractivity contribution in [2.24, 2.45) is 0 Å². The van der Waals surface area contributed by atoms with Gasteiger partial charge in [-0.15, -0.1) is 12.4 Å². The number of fused-ring (bicyclic) bond motifs is 1. The first-order valence-electron chi connectivity index (χ1n) is 8.75. The smallest absolute Gasteiger partial charge is 0.302 e. The fourth-order valence-corrected chi connectivity index (χ4v) is 4.77. The zero-order valence-electron chi connectivity index (χ0n) is 15.0. The van der Waals surface area contributed by atoms with E-state index in [-0.39, 0.29) is 31.1 Å². The predicted molar refractivity (Wildman–Crippen MR) is 107 cm³/mol. The first-order valence-corrected chi connectivity index (χ1v) is 10.2. The van der Waals surface area contributed by atoms with Gasteiger partial charge in [0.25, 0.3) is 0 Å². The Morgan fingerprint density at radius 1 is 1.00 bits per heavy atom. The molecule has 0 spiro atoms. The number of rotatable bonds is 3. The molecule has 0 aliphatic carbocycles. The maximum atomic E-state index is 14.1. The number of halogens is 3. The van der Waals surface area contributed by atoms with Gasteiger partial charge in [-0.25, -0.2) is 8.78 Å². The molecule has 152 valence electrons. The second-order valence-electron chi connectivity index (χ2n) is 6.56. The summed E-state index contributed by atoms with van der Waals surface area (Å²) in [6.45, 7) is 3.24. The SMILES string of the molecule is Cl.O=S1(=O)NCc2c(N3CCNCC3)cccc2N1Cc1cccc(F)c1F. The van der Waals surface area contributed by atoms with Gasteiger partial charge in [-0.3, -0.25) is 4.31 Å². The monoisotopic (exact) mass is 430 g/mol. The van der Waals surface area contributed by atoms with Gasteiger partial charge >= 0.3 is 10.2 Å². The highest BCUT2D eigenvalue weighted by atomic mass is 35.5. The van der Waals surface area contributed by atoms with Crippen molar-refractivity contribution in [3.8, 4) is 0 Å². The Hall–Kier alpha value is -1.94. The summed E-state index contributed by atoms with van der Waals surface area (Å²) < 4.78 is 56.5. The minimum atomic E-state index is -3.85. The van der Waals surface area contributed by atoms with Gasteiger partial charge < -0.3 is 10.2 Å². The van der Waals surface area contributed by atoms with E-state index < -0.39 is 21.8 Å². The second kappa shape index (κ2) is 8.20. The van der Waals surface area contributed by atoms with Gasteiger partial charge in [-0.1, -0.05) is 18.2 Å². The Bertz CT molecular complexity index is 968. The largest absolute Gasteiger partial charge is 0.369 e. The lowest BCUT2D eigenvalue weighted by Gasteiger charge is -2.36. The number of piperazine rings is 1. The quantitative estimate of drug-likeness (QED) is 0.783. The minimum Gasteiger partial charge on any atom is -0.369 e. The number of anilines is 2. The Kier molecular flexibility index (Phi) is 6.09. The van der Waals surface area contributed by atoms with E-state index in [9.17, 15) is 17.2 Å². The third-order valence-corrected chi connectivity index (χ3v) is 6.34. The highest BCUT2D eigenvalue weighted by Crippen LogP contribution is 2.36. The van der Waals surface area contributed by atoms with Crippen molar-refractivity contribution < 1.29 is 17.2 Å². The van der Waals surface area contributed by atoms with Crippen LogP contribution >= 0.6 is 12.4 Å². The molecule has 0 saturated carbocycles. The van der Waals surface area contributed by atoms with Crippen LogP contribution in [-0.2, 0) is 23.3 Å². The third kappa shape index (κ3) is 3.80. The lowest BCUT2D eigenvalue weighted by molar-refractivity contribution is 0.498. The van der Waals surface area contributed by atoms with Crippen molar-refractivity contribution in [3.63, 3.8) is 0 Å². The van der Waals surface area contributed by atoms with Crippen molar-refractivity contribution in [1.29, 1.82) is 0 Å². The predicted octanol–water partition coefficient (Wildman–Crippen LogP) is 2.15. The van der Waals surface area contributed by atoms with Gasteiger partial charge in [-0.05, 0) is 18.2 Å². The second-order valence-corrected chi connectivity index (χ2v) is 8.24. The Morgan fingerprint density at radius 2 is 1.68 bits per heavy atom. The Labute approximate surface area is 169 Å². The summed E-state index contributed by atoms with van der Waals surface area (Å²) in [5, 5.41) is 3.29. The molecule has 2 aliphatic rings. The van der Waals surface area contributed by atoms with Gasteiger partial charge in [0.2, 0.25) is 0 Å². The molecule has 0 amide bonds. The zero-order valence-corrected chi connectivity index (χ0v) is 16.6. The lowest BCUT2D eigenvalue weighted by atomic mass is 10.1. The van der Waals surface area contributed by atoms with E-state index in [1.165, 1.54) is 12.1 Å². The molecule has 6 nitrogen and oxygen atoms in total. The first kappa shape index (κ1) is 20.8. The molecular formula is C18H21ClF2N4O2S. The summed E-state index contributed by atoms with van der Waals surface area (Å²) in [7, 11) is -3.85. The van der Waals surface area contributed by atoms with Crippen LogP contribution in [0.3, 0.4) is 0 Å². The van der Waals surface area contributed by atoms with E-state index in [0.717, 1.165) is 47.8 Å². The van der Waals surface area contributed by atoms with Crippen LogP contribution in [0.15, 0.2) is 36.4 Å². The zero-order chi connectivity index (χ0) is 19.0. The maximum Gasteiger partial charge on any atom is 0.302 e. The van der Waals surface area contributed by atoms with Crippen LogP contribution in [0.1, 0.15) is 11.1 Å². The average Bonchev–Trinajstić information content (AvgIpc) is 2.67. The molecule has 0 radical (unpaired) electrons. The summed E-state index contributed by atoms with van der Waals surface area (Å²) in [6, 6.07) is 9.24. The van der Waals surface area contributed by atoms with Gasteiger partial charge in [0.1, 0.15) is 0 Å². The topological polar surface area (TPSA) is 64.7 Å². The third-order valence-electron chi connectivity index (χ3n) is 4.92. The van der Waals surface area contributed by atoms with E-state index in [0.29, 0.717) is 5.69 Å². The molecule has 0 aromatic heterocycles. The standard InChI is InChI=1S/C18H20F2N4O2S.ClH/c19-15-4-1-3-13(18(15)20)12-24-17-6-2-5-16(23-9-7-21-8-10-23)14(17)11-22-27(24,25)26;/h1-6,21-22H,7-12H2;1H. The molecular weight excluding hydrogens is 410 g/mol. The van der Waals surface area contributed by atoms with Crippen molar-refractivity contribution in [2.75, 3.05) is 35.4 Å². The number of hydrogen-bond donors (Lipinski definition) is 2. The van der Waals surface area contributed by atoms with Crippen molar-refractivity contribution in [1.82, 2.24) is 10.0 Å². The fraction of sp³-hybridized carbons (Fsp3) is 0.333. The molecule has 2 aromatic rings. The molecule has 2 aliphatic heterocycles. The Morgan fingerprint density at radius 3 is 2.43 bits per heavy atom.